The molecule has 1 amide bonds. The van der Waals surface area contributed by atoms with Crippen molar-refractivity contribution < 1.29 is 22.7 Å². The maximum atomic E-state index is 13.0. The van der Waals surface area contributed by atoms with E-state index in [4.69, 9.17) is 9.47 Å². The molecule has 3 rings (SSSR count). The van der Waals surface area contributed by atoms with Crippen molar-refractivity contribution in [3.8, 4) is 0 Å². The summed E-state index contributed by atoms with van der Waals surface area (Å²) in [4.78, 5) is 15.0. The highest BCUT2D eigenvalue weighted by molar-refractivity contribution is 7.89. The van der Waals surface area contributed by atoms with E-state index in [2.05, 4.69) is 10.2 Å². The summed E-state index contributed by atoms with van der Waals surface area (Å²) in [5, 5.41) is 2.87. The molecule has 28 heavy (non-hydrogen) atoms. The maximum absolute atomic E-state index is 13.0. The molecule has 9 heteroatoms. The number of nitrogens with one attached hydrogen (secondary N) is 1. The minimum atomic E-state index is -3.62. The molecule has 156 valence electrons. The van der Waals surface area contributed by atoms with Gasteiger partial charge >= 0.3 is 0 Å². The molecule has 0 aromatic heterocycles. The zero-order valence-electron chi connectivity index (χ0n) is 16.7. The van der Waals surface area contributed by atoms with Gasteiger partial charge in [0, 0.05) is 31.9 Å². The molecule has 2 heterocycles. The van der Waals surface area contributed by atoms with E-state index in [1.165, 1.54) is 4.31 Å². The maximum Gasteiger partial charge on any atom is 0.243 e. The predicted molar refractivity (Wildman–Crippen MR) is 106 cm³/mol. The number of nitrogens with zero attached hydrogens (tertiary/aromatic N) is 2. The van der Waals surface area contributed by atoms with Crippen LogP contribution in [0.1, 0.15) is 19.4 Å². The lowest BCUT2D eigenvalue weighted by Crippen LogP contribution is -2.50. The zero-order valence-corrected chi connectivity index (χ0v) is 17.5. The minimum Gasteiger partial charge on any atom is -0.379 e. The highest BCUT2D eigenvalue weighted by Crippen LogP contribution is 2.24. The third kappa shape index (κ3) is 4.72. The van der Waals surface area contributed by atoms with Crippen LogP contribution in [0, 0.1) is 6.92 Å². The molecule has 0 aliphatic carbocycles. The van der Waals surface area contributed by atoms with E-state index in [1.807, 2.05) is 13.8 Å². The summed E-state index contributed by atoms with van der Waals surface area (Å²) in [7, 11) is -3.62. The van der Waals surface area contributed by atoms with Crippen LogP contribution in [0.15, 0.2) is 23.1 Å². The van der Waals surface area contributed by atoms with E-state index < -0.39 is 10.0 Å². The number of ether oxygens (including phenoxy) is 2. The van der Waals surface area contributed by atoms with E-state index in [-0.39, 0.29) is 22.9 Å². The van der Waals surface area contributed by atoms with Gasteiger partial charge in [0.05, 0.1) is 36.9 Å². The fraction of sp³-hybridized carbons (Fsp3) is 0.632. The molecule has 0 bridgehead atoms. The Bertz CT molecular complexity index is 808. The van der Waals surface area contributed by atoms with Gasteiger partial charge in [-0.15, -0.1) is 0 Å². The molecule has 0 saturated carbocycles. The van der Waals surface area contributed by atoms with Gasteiger partial charge in [-0.3, -0.25) is 9.69 Å². The minimum absolute atomic E-state index is 0.0913. The van der Waals surface area contributed by atoms with Gasteiger partial charge in [0.1, 0.15) is 0 Å². The lowest BCUT2D eigenvalue weighted by molar-refractivity contribution is -0.123. The molecule has 2 aliphatic rings. The number of benzene rings is 1. The normalized spacial score (nSPS) is 23.3. The number of amides is 1. The fourth-order valence-corrected chi connectivity index (χ4v) is 5.15. The van der Waals surface area contributed by atoms with Gasteiger partial charge in [0.15, 0.2) is 0 Å². The van der Waals surface area contributed by atoms with Crippen molar-refractivity contribution in [2.45, 2.75) is 37.8 Å². The van der Waals surface area contributed by atoms with Crippen molar-refractivity contribution in [1.82, 2.24) is 9.21 Å². The lowest BCUT2D eigenvalue weighted by atomic mass is 10.2. The van der Waals surface area contributed by atoms with Crippen LogP contribution < -0.4 is 5.32 Å². The highest BCUT2D eigenvalue weighted by atomic mass is 32.2. The molecule has 2 saturated heterocycles. The van der Waals surface area contributed by atoms with Gasteiger partial charge in [0.25, 0.3) is 0 Å². The Kier molecular flexibility index (Phi) is 6.72. The van der Waals surface area contributed by atoms with Crippen molar-refractivity contribution in [3.05, 3.63) is 23.8 Å². The Hall–Kier alpha value is -1.52. The second-order valence-electron chi connectivity index (χ2n) is 7.34. The smallest absolute Gasteiger partial charge is 0.243 e. The largest absolute Gasteiger partial charge is 0.379 e. The van der Waals surface area contributed by atoms with Crippen molar-refractivity contribution >= 4 is 21.6 Å². The van der Waals surface area contributed by atoms with Crippen LogP contribution in [-0.2, 0) is 24.3 Å². The van der Waals surface area contributed by atoms with Crippen molar-refractivity contribution in [1.29, 1.82) is 0 Å². The first-order chi connectivity index (χ1) is 13.3. The highest BCUT2D eigenvalue weighted by Gasteiger charge is 2.29. The second kappa shape index (κ2) is 8.87. The number of aryl methyl sites for hydroxylation is 1. The van der Waals surface area contributed by atoms with Gasteiger partial charge < -0.3 is 14.8 Å². The monoisotopic (exact) mass is 411 g/mol. The Morgan fingerprint density at radius 3 is 2.61 bits per heavy atom. The average molecular weight is 412 g/mol. The first-order valence-corrected chi connectivity index (χ1v) is 11.1. The standard InChI is InChI=1S/C19H29N3O5S/c1-14-4-5-17(12-18(14)28(24,25)22-7-9-26-10-8-22)20-19(23)16(3)21-6-11-27-15(2)13-21/h4-5,12,15-16H,6-11,13H2,1-3H3,(H,20,23)/t15-,16-/m1/s1. The van der Waals surface area contributed by atoms with Gasteiger partial charge in [-0.1, -0.05) is 6.07 Å². The predicted octanol–water partition coefficient (Wildman–Crippen LogP) is 1.06. The molecule has 1 N–H and O–H groups in total. The number of carbonyl (C=O) groups excluding carboxylic acids is 1. The Balaban J connectivity index is 1.74. The summed E-state index contributed by atoms with van der Waals surface area (Å²) >= 11 is 0. The van der Waals surface area contributed by atoms with Crippen molar-refractivity contribution in [2.75, 3.05) is 51.3 Å². The SMILES string of the molecule is Cc1ccc(NC(=O)[C@@H](C)N2CCO[C@H](C)C2)cc1S(=O)(=O)N1CCOCC1. The molecule has 1 aromatic carbocycles. The third-order valence-corrected chi connectivity index (χ3v) is 7.28. The van der Waals surface area contributed by atoms with Crippen LogP contribution in [0.2, 0.25) is 0 Å². The molecule has 8 nitrogen and oxygen atoms in total. The van der Waals surface area contributed by atoms with E-state index >= 15 is 0 Å². The molecular weight excluding hydrogens is 382 g/mol. The summed E-state index contributed by atoms with van der Waals surface area (Å²) in [6.45, 7) is 9.06. The molecule has 2 aliphatic heterocycles. The summed E-state index contributed by atoms with van der Waals surface area (Å²) in [6.07, 6.45) is 0.0913. The van der Waals surface area contributed by atoms with Crippen molar-refractivity contribution in [3.63, 3.8) is 0 Å². The van der Waals surface area contributed by atoms with Crippen LogP contribution in [0.25, 0.3) is 0 Å². The van der Waals surface area contributed by atoms with Gasteiger partial charge in [-0.2, -0.15) is 4.31 Å². The second-order valence-corrected chi connectivity index (χ2v) is 9.24. The number of hydrogen-bond donors (Lipinski definition) is 1. The van der Waals surface area contributed by atoms with Crippen LogP contribution in [-0.4, -0.2) is 81.7 Å². The molecule has 0 unspecified atom stereocenters. The number of carbonyl (C=O) groups is 1. The number of anilines is 1. The zero-order chi connectivity index (χ0) is 20.3. The third-order valence-electron chi connectivity index (χ3n) is 5.24. The van der Waals surface area contributed by atoms with Crippen LogP contribution in [0.5, 0.6) is 0 Å². The Labute approximate surface area is 166 Å². The van der Waals surface area contributed by atoms with Gasteiger partial charge in [-0.25, -0.2) is 8.42 Å². The lowest BCUT2D eigenvalue weighted by Gasteiger charge is -2.34. The summed E-state index contributed by atoms with van der Waals surface area (Å²) < 4.78 is 38.2. The van der Waals surface area contributed by atoms with Gasteiger partial charge in [-0.05, 0) is 38.5 Å². The summed E-state index contributed by atoms with van der Waals surface area (Å²) in [5.41, 5.74) is 1.13. The molecule has 2 fully saturated rings. The molecular formula is C19H29N3O5S. The van der Waals surface area contributed by atoms with E-state index in [9.17, 15) is 13.2 Å². The summed E-state index contributed by atoms with van der Waals surface area (Å²) in [5.74, 6) is -0.160. The number of sulfonamides is 1. The quantitative estimate of drug-likeness (QED) is 0.780. The number of morpholine rings is 2. The molecule has 1 aromatic rings. The molecule has 0 spiro atoms. The van der Waals surface area contributed by atoms with Crippen LogP contribution >= 0.6 is 0 Å². The first-order valence-electron chi connectivity index (χ1n) is 9.64. The van der Waals surface area contributed by atoms with E-state index in [0.717, 1.165) is 0 Å². The average Bonchev–Trinajstić information content (AvgIpc) is 2.69. The fourth-order valence-electron chi connectivity index (χ4n) is 3.49. The summed E-state index contributed by atoms with van der Waals surface area (Å²) in [6, 6.07) is 4.68. The Morgan fingerprint density at radius 1 is 1.21 bits per heavy atom. The van der Waals surface area contributed by atoms with Crippen LogP contribution in [0.3, 0.4) is 0 Å². The molecule has 2 atom stereocenters. The van der Waals surface area contributed by atoms with Crippen LogP contribution in [0.4, 0.5) is 5.69 Å². The molecule has 0 radical (unpaired) electrons. The number of hydrogen-bond acceptors (Lipinski definition) is 6. The topological polar surface area (TPSA) is 88.2 Å². The number of rotatable bonds is 5. The van der Waals surface area contributed by atoms with Gasteiger partial charge in [0.2, 0.25) is 15.9 Å². The van der Waals surface area contributed by atoms with E-state index in [1.54, 1.807) is 25.1 Å². The Morgan fingerprint density at radius 2 is 1.93 bits per heavy atom. The van der Waals surface area contributed by atoms with Crippen molar-refractivity contribution in [2.24, 2.45) is 0 Å². The van der Waals surface area contributed by atoms with E-state index in [0.29, 0.717) is 57.3 Å². The first kappa shape index (κ1) is 21.2.